The van der Waals surface area contributed by atoms with E-state index in [2.05, 4.69) is 0 Å². The first-order valence-electron chi connectivity index (χ1n) is 2.95. The van der Waals surface area contributed by atoms with Crippen molar-refractivity contribution in [2.45, 2.75) is 14.9 Å². The minimum absolute atomic E-state index is 0. The Morgan fingerprint density at radius 1 is 1.00 bits per heavy atom. The van der Waals surface area contributed by atoms with Crippen LogP contribution >= 0.6 is 11.8 Å². The van der Waals surface area contributed by atoms with Gasteiger partial charge in [-0.05, 0) is 12.5 Å². The van der Waals surface area contributed by atoms with Gasteiger partial charge >= 0.3 is 0 Å². The van der Waals surface area contributed by atoms with E-state index < -0.39 is 20.6 Å². The predicted molar refractivity (Wildman–Crippen MR) is 73.7 cm³/mol. The third kappa shape index (κ3) is 8060. The molecule has 0 atom stereocenters. The molecule has 0 aliphatic heterocycles. The zero-order valence-electron chi connectivity index (χ0n) is 8.45. The molecule has 0 amide bonds. The van der Waals surface area contributed by atoms with Crippen molar-refractivity contribution in [3.63, 3.8) is 0 Å². The van der Waals surface area contributed by atoms with Gasteiger partial charge in [-0.25, -0.2) is 8.42 Å². The smallest absolute Gasteiger partial charge is 0.144 e. The van der Waals surface area contributed by atoms with Gasteiger partial charge in [-0.3, -0.25) is 4.21 Å². The fraction of sp³-hybridized carbons (Fsp3) is 1.00. The lowest BCUT2D eigenvalue weighted by Crippen LogP contribution is -1.86. The lowest BCUT2D eigenvalue weighted by atomic mass is 11.9. The maximum Gasteiger partial charge on any atom is 0.144 e. The molecule has 0 unspecified atom stereocenters. The molecule has 0 heterocycles. The van der Waals surface area contributed by atoms with Crippen LogP contribution in [0.3, 0.4) is 0 Å². The van der Waals surface area contributed by atoms with Crippen LogP contribution in [0.15, 0.2) is 0 Å². The van der Waals surface area contributed by atoms with Crippen molar-refractivity contribution < 1.29 is 12.6 Å². The van der Waals surface area contributed by atoms with Crippen molar-refractivity contribution in [2.75, 3.05) is 37.5 Å². The van der Waals surface area contributed by atoms with Gasteiger partial charge in [0.1, 0.15) is 9.84 Å². The van der Waals surface area contributed by atoms with Crippen LogP contribution < -0.4 is 0 Å². The largest absolute Gasteiger partial charge is 0.260 e. The summed E-state index contributed by atoms with van der Waals surface area (Å²) in [5.74, 6) is 0. The molecular formula is C8H26O3S3. The molecule has 94 valence electrons. The van der Waals surface area contributed by atoms with Crippen molar-refractivity contribution in [1.82, 2.24) is 0 Å². The molecule has 0 bridgehead atoms. The minimum Gasteiger partial charge on any atom is -0.260 e. The van der Waals surface area contributed by atoms with Crippen LogP contribution in [-0.4, -0.2) is 50.2 Å². The Labute approximate surface area is 97.4 Å². The van der Waals surface area contributed by atoms with E-state index in [1.807, 2.05) is 12.5 Å². The number of hydrogen-bond donors (Lipinski definition) is 0. The van der Waals surface area contributed by atoms with E-state index in [0.29, 0.717) is 0 Å². The first-order valence-corrected chi connectivity index (χ1v) is 8.85. The summed E-state index contributed by atoms with van der Waals surface area (Å²) in [6, 6.07) is 0. The number of hydrogen-bond acceptors (Lipinski definition) is 4. The van der Waals surface area contributed by atoms with E-state index in [4.69, 9.17) is 0 Å². The SMILES string of the molecule is C.C.CS(C)(=O)=O.CS(C)=O.CSC. The molecule has 3 nitrogen and oxygen atoms in total. The molecule has 0 saturated carbocycles. The molecule has 0 spiro atoms. The van der Waals surface area contributed by atoms with Gasteiger partial charge < -0.3 is 0 Å². The molecule has 0 radical (unpaired) electrons. The molecule has 0 saturated heterocycles. The van der Waals surface area contributed by atoms with Crippen molar-refractivity contribution in [1.29, 1.82) is 0 Å². The highest BCUT2D eigenvalue weighted by atomic mass is 32.2. The van der Waals surface area contributed by atoms with E-state index in [-0.39, 0.29) is 14.9 Å². The van der Waals surface area contributed by atoms with E-state index >= 15 is 0 Å². The molecule has 0 N–H and O–H groups in total. The fourth-order valence-corrected chi connectivity index (χ4v) is 0. The summed E-state index contributed by atoms with van der Waals surface area (Å²) in [6.07, 6.45) is 9.68. The second kappa shape index (κ2) is 19.1. The first-order chi connectivity index (χ1) is 5.15. The van der Waals surface area contributed by atoms with Crippen LogP contribution in [0.1, 0.15) is 14.9 Å². The Kier molecular flexibility index (Phi) is 39.9. The Balaban J connectivity index is -0.0000000278. The average Bonchev–Trinajstić information content (AvgIpc) is 1.56. The fourth-order valence-electron chi connectivity index (χ4n) is 0. The summed E-state index contributed by atoms with van der Waals surface area (Å²) in [5.41, 5.74) is 0. The summed E-state index contributed by atoms with van der Waals surface area (Å²) in [4.78, 5) is 0. The summed E-state index contributed by atoms with van der Waals surface area (Å²) < 4.78 is 28.8. The normalized spacial score (nSPS) is 7.93. The Hall–Kier alpha value is 0.450. The summed E-state index contributed by atoms with van der Waals surface area (Å²) in [6.45, 7) is 0. The highest BCUT2D eigenvalue weighted by molar-refractivity contribution is 7.97. The van der Waals surface area contributed by atoms with E-state index in [0.717, 1.165) is 12.5 Å². The maximum absolute atomic E-state index is 9.63. The van der Waals surface area contributed by atoms with Crippen LogP contribution in [0.4, 0.5) is 0 Å². The van der Waals surface area contributed by atoms with Crippen molar-refractivity contribution in [3.8, 4) is 0 Å². The zero-order chi connectivity index (χ0) is 10.8. The Morgan fingerprint density at radius 2 is 1.00 bits per heavy atom. The molecule has 0 rings (SSSR count). The van der Waals surface area contributed by atoms with Gasteiger partial charge in [0.25, 0.3) is 0 Å². The monoisotopic (exact) mass is 266 g/mol. The van der Waals surface area contributed by atoms with Crippen LogP contribution in [-0.2, 0) is 20.6 Å². The van der Waals surface area contributed by atoms with Crippen LogP contribution in [0.5, 0.6) is 0 Å². The third-order valence-electron chi connectivity index (χ3n) is 0. The van der Waals surface area contributed by atoms with Crippen LogP contribution in [0.25, 0.3) is 0 Å². The molecule has 0 aromatic rings. The summed E-state index contributed by atoms with van der Waals surface area (Å²) in [7, 11) is -3.28. The van der Waals surface area contributed by atoms with Crippen molar-refractivity contribution >= 4 is 32.4 Å². The Bertz CT molecular complexity index is 174. The molecule has 6 heteroatoms. The third-order valence-corrected chi connectivity index (χ3v) is 0. The van der Waals surface area contributed by atoms with E-state index in [1.54, 1.807) is 24.3 Å². The van der Waals surface area contributed by atoms with Crippen LogP contribution in [0, 0.1) is 0 Å². The van der Waals surface area contributed by atoms with Crippen molar-refractivity contribution in [3.05, 3.63) is 0 Å². The predicted octanol–water partition coefficient (Wildman–Crippen LogP) is 1.91. The zero-order valence-corrected chi connectivity index (χ0v) is 10.9. The molecule has 0 aromatic heterocycles. The van der Waals surface area contributed by atoms with Gasteiger partial charge in [0.05, 0.1) is 0 Å². The van der Waals surface area contributed by atoms with Gasteiger partial charge in [0, 0.05) is 35.8 Å². The van der Waals surface area contributed by atoms with Gasteiger partial charge in [-0.1, -0.05) is 14.9 Å². The van der Waals surface area contributed by atoms with Crippen molar-refractivity contribution in [2.24, 2.45) is 0 Å². The second-order valence-electron chi connectivity index (χ2n) is 2.29. The van der Waals surface area contributed by atoms with Gasteiger partial charge in [0.15, 0.2) is 0 Å². The molecular weight excluding hydrogens is 240 g/mol. The Morgan fingerprint density at radius 3 is 1.00 bits per heavy atom. The standard InChI is InChI=1S/C2H6O2S.C2H6OS.C2H6S.2CH4/c1-5(2,3)4;1-4(2)3;1-3-2;;/h1-2H3;1-2H3;1-2H3;2*1H4. The second-order valence-corrected chi connectivity index (χ2v) is 6.88. The minimum atomic E-state index is -2.67. The highest BCUT2D eigenvalue weighted by Crippen LogP contribution is 1.70. The highest BCUT2D eigenvalue weighted by Gasteiger charge is 1.79. The quantitative estimate of drug-likeness (QED) is 0.672. The molecule has 0 aliphatic rings. The lowest BCUT2D eigenvalue weighted by Gasteiger charge is -1.69. The maximum atomic E-state index is 9.63. The number of sulfone groups is 1. The van der Waals surface area contributed by atoms with Gasteiger partial charge in [0.2, 0.25) is 0 Å². The summed E-state index contributed by atoms with van der Waals surface area (Å²) >= 11 is 1.75. The average molecular weight is 266 g/mol. The van der Waals surface area contributed by atoms with E-state index in [9.17, 15) is 12.6 Å². The van der Waals surface area contributed by atoms with Crippen LogP contribution in [0.2, 0.25) is 0 Å². The van der Waals surface area contributed by atoms with E-state index in [1.165, 1.54) is 0 Å². The summed E-state index contributed by atoms with van der Waals surface area (Å²) in [5, 5.41) is 0. The number of thioether (sulfide) groups is 1. The van der Waals surface area contributed by atoms with Gasteiger partial charge in [-0.15, -0.1) is 0 Å². The number of rotatable bonds is 0. The topological polar surface area (TPSA) is 51.2 Å². The lowest BCUT2D eigenvalue weighted by molar-refractivity contribution is 0.607. The molecule has 0 fully saturated rings. The molecule has 14 heavy (non-hydrogen) atoms. The van der Waals surface area contributed by atoms with Gasteiger partial charge in [-0.2, -0.15) is 11.8 Å². The molecule has 0 aromatic carbocycles. The molecule has 0 aliphatic carbocycles. The first kappa shape index (κ1) is 29.3.